The van der Waals surface area contributed by atoms with Crippen LogP contribution in [0.4, 0.5) is 0 Å². The Morgan fingerprint density at radius 2 is 1.85 bits per heavy atom. The molecule has 6 nitrogen and oxygen atoms in total. The second-order valence-corrected chi connectivity index (χ2v) is 7.51. The second kappa shape index (κ2) is 8.31. The lowest BCUT2D eigenvalue weighted by Gasteiger charge is -2.34. The Balaban J connectivity index is 0.00000210. The molecule has 2 N–H and O–H groups in total. The van der Waals surface area contributed by atoms with Gasteiger partial charge in [-0.2, -0.15) is 5.10 Å². The smallest absolute Gasteiger partial charge is 0.227 e. The fraction of sp³-hybridized carbons (Fsp3) is 0.500. The van der Waals surface area contributed by atoms with Gasteiger partial charge in [0, 0.05) is 45.3 Å². The molecule has 1 aromatic heterocycles. The predicted octanol–water partition coefficient (Wildman–Crippen LogP) is 2.26. The minimum absolute atomic E-state index is 0. The zero-order valence-electron chi connectivity index (χ0n) is 15.5. The van der Waals surface area contributed by atoms with E-state index in [4.69, 9.17) is 0 Å². The predicted molar refractivity (Wildman–Crippen MR) is 106 cm³/mol. The van der Waals surface area contributed by atoms with Crippen molar-refractivity contribution in [2.24, 2.45) is 13.0 Å². The van der Waals surface area contributed by atoms with Crippen LogP contribution >= 0.6 is 12.4 Å². The van der Waals surface area contributed by atoms with Crippen LogP contribution in [0.2, 0.25) is 0 Å². The maximum absolute atomic E-state index is 13.1. The van der Waals surface area contributed by atoms with Gasteiger partial charge in [0.25, 0.3) is 0 Å². The van der Waals surface area contributed by atoms with Gasteiger partial charge >= 0.3 is 0 Å². The Labute approximate surface area is 166 Å². The standard InChI is InChI=1S/C20H26N4O2.ClH/c1-23-13-16(10-22-23)18-11-21-12-19(18)20(26)24-8-6-15(7-9-24)14-2-4-17(25)5-3-14;/h2-5,10,13,15,18-19,21,25H,6-9,11-12H2,1H3;1H/t18-,19+;/m1./s1. The van der Waals surface area contributed by atoms with Crippen molar-refractivity contribution in [2.45, 2.75) is 24.7 Å². The number of nitrogens with zero attached hydrogens (tertiary/aromatic N) is 3. The third-order valence-corrected chi connectivity index (χ3v) is 5.86. The number of hydrogen-bond acceptors (Lipinski definition) is 4. The van der Waals surface area contributed by atoms with Gasteiger partial charge in [-0.15, -0.1) is 12.4 Å². The Kier molecular flexibility index (Phi) is 6.07. The van der Waals surface area contributed by atoms with E-state index in [-0.39, 0.29) is 30.2 Å². The van der Waals surface area contributed by atoms with Gasteiger partial charge in [-0.25, -0.2) is 0 Å². The summed E-state index contributed by atoms with van der Waals surface area (Å²) in [4.78, 5) is 15.1. The molecule has 3 heterocycles. The molecule has 0 bridgehead atoms. The lowest BCUT2D eigenvalue weighted by molar-refractivity contribution is -0.136. The largest absolute Gasteiger partial charge is 0.508 e. The van der Waals surface area contributed by atoms with Crippen LogP contribution in [0.25, 0.3) is 0 Å². The Bertz CT molecular complexity index is 769. The minimum Gasteiger partial charge on any atom is -0.508 e. The second-order valence-electron chi connectivity index (χ2n) is 7.51. The number of aryl methyl sites for hydroxylation is 1. The number of rotatable bonds is 3. The number of likely N-dealkylation sites (tertiary alicyclic amines) is 1. The summed E-state index contributed by atoms with van der Waals surface area (Å²) in [6, 6.07) is 7.48. The number of aromatic nitrogens is 2. The molecule has 1 amide bonds. The Hall–Kier alpha value is -2.05. The SMILES string of the molecule is Cl.Cn1cc([C@H]2CNC[C@@H]2C(=O)N2CCC(c3ccc(O)cc3)CC2)cn1. The number of phenolic OH excluding ortho intramolecular Hbond substituents is 1. The molecule has 4 rings (SSSR count). The zero-order chi connectivity index (χ0) is 18.1. The van der Waals surface area contributed by atoms with Gasteiger partial charge < -0.3 is 15.3 Å². The number of nitrogens with one attached hydrogen (secondary N) is 1. The van der Waals surface area contributed by atoms with Gasteiger partial charge in [-0.1, -0.05) is 12.1 Å². The van der Waals surface area contributed by atoms with Gasteiger partial charge in [0.15, 0.2) is 0 Å². The summed E-state index contributed by atoms with van der Waals surface area (Å²) in [6.07, 6.45) is 5.87. The molecule has 2 aliphatic rings. The van der Waals surface area contributed by atoms with Crippen LogP contribution in [0, 0.1) is 5.92 Å². The number of benzene rings is 1. The lowest BCUT2D eigenvalue weighted by atomic mass is 9.86. The van der Waals surface area contributed by atoms with E-state index in [2.05, 4.69) is 10.4 Å². The van der Waals surface area contributed by atoms with Crippen molar-refractivity contribution in [1.29, 1.82) is 0 Å². The number of aromatic hydroxyl groups is 1. The van der Waals surface area contributed by atoms with E-state index in [0.29, 0.717) is 11.7 Å². The summed E-state index contributed by atoms with van der Waals surface area (Å²) < 4.78 is 1.80. The molecule has 146 valence electrons. The number of carbonyl (C=O) groups is 1. The highest BCUT2D eigenvalue weighted by Gasteiger charge is 2.38. The van der Waals surface area contributed by atoms with E-state index in [1.54, 1.807) is 16.8 Å². The minimum atomic E-state index is 0. The highest BCUT2D eigenvalue weighted by atomic mass is 35.5. The van der Waals surface area contributed by atoms with Crippen LogP contribution in [-0.2, 0) is 11.8 Å². The molecule has 2 saturated heterocycles. The van der Waals surface area contributed by atoms with Crippen molar-refractivity contribution < 1.29 is 9.90 Å². The van der Waals surface area contributed by atoms with Crippen LogP contribution in [0.3, 0.4) is 0 Å². The van der Waals surface area contributed by atoms with Crippen LogP contribution < -0.4 is 5.32 Å². The molecule has 0 saturated carbocycles. The maximum atomic E-state index is 13.1. The molecule has 2 aromatic rings. The monoisotopic (exact) mass is 390 g/mol. The molecule has 0 aliphatic carbocycles. The fourth-order valence-electron chi connectivity index (χ4n) is 4.33. The first kappa shape index (κ1) is 19.7. The number of piperidine rings is 1. The van der Waals surface area contributed by atoms with Gasteiger partial charge in [-0.05, 0) is 42.0 Å². The van der Waals surface area contributed by atoms with Crippen LogP contribution in [0.15, 0.2) is 36.7 Å². The summed E-state index contributed by atoms with van der Waals surface area (Å²) in [5, 5.41) is 17.1. The summed E-state index contributed by atoms with van der Waals surface area (Å²) in [5.41, 5.74) is 2.40. The first-order valence-corrected chi connectivity index (χ1v) is 9.39. The molecule has 27 heavy (non-hydrogen) atoms. The highest BCUT2D eigenvalue weighted by molar-refractivity contribution is 5.85. The molecular weight excluding hydrogens is 364 g/mol. The van der Waals surface area contributed by atoms with Crippen molar-refractivity contribution in [3.05, 3.63) is 47.8 Å². The van der Waals surface area contributed by atoms with Crippen molar-refractivity contribution in [3.8, 4) is 5.75 Å². The van der Waals surface area contributed by atoms with Gasteiger partial charge in [0.2, 0.25) is 5.91 Å². The number of halogens is 1. The zero-order valence-corrected chi connectivity index (χ0v) is 16.4. The summed E-state index contributed by atoms with van der Waals surface area (Å²) >= 11 is 0. The van der Waals surface area contributed by atoms with Crippen molar-refractivity contribution in [2.75, 3.05) is 26.2 Å². The molecule has 0 unspecified atom stereocenters. The lowest BCUT2D eigenvalue weighted by Crippen LogP contribution is -2.43. The van der Waals surface area contributed by atoms with Crippen LogP contribution in [0.1, 0.15) is 35.8 Å². The van der Waals surface area contributed by atoms with E-state index >= 15 is 0 Å². The molecule has 0 radical (unpaired) electrons. The molecule has 2 atom stereocenters. The molecule has 1 aromatic carbocycles. The third-order valence-electron chi connectivity index (χ3n) is 5.86. The molecule has 0 spiro atoms. The van der Waals surface area contributed by atoms with Crippen LogP contribution in [-0.4, -0.2) is 51.9 Å². The molecular formula is C20H27ClN4O2. The van der Waals surface area contributed by atoms with E-state index in [1.165, 1.54) is 5.56 Å². The normalized spacial score (nSPS) is 23.2. The topological polar surface area (TPSA) is 70.4 Å². The van der Waals surface area contributed by atoms with E-state index in [0.717, 1.165) is 44.6 Å². The van der Waals surface area contributed by atoms with Crippen molar-refractivity contribution in [3.63, 3.8) is 0 Å². The fourth-order valence-corrected chi connectivity index (χ4v) is 4.33. The Morgan fingerprint density at radius 3 is 2.48 bits per heavy atom. The van der Waals surface area contributed by atoms with Crippen molar-refractivity contribution >= 4 is 18.3 Å². The highest BCUT2D eigenvalue weighted by Crippen LogP contribution is 2.33. The van der Waals surface area contributed by atoms with E-state index < -0.39 is 0 Å². The number of amides is 1. The van der Waals surface area contributed by atoms with Gasteiger partial charge in [-0.3, -0.25) is 9.48 Å². The van der Waals surface area contributed by atoms with Crippen LogP contribution in [0.5, 0.6) is 5.75 Å². The number of hydrogen-bond donors (Lipinski definition) is 2. The molecule has 7 heteroatoms. The van der Waals surface area contributed by atoms with Gasteiger partial charge in [0.05, 0.1) is 12.1 Å². The van der Waals surface area contributed by atoms with E-state index in [1.807, 2.05) is 36.5 Å². The van der Waals surface area contributed by atoms with E-state index in [9.17, 15) is 9.90 Å². The first-order valence-electron chi connectivity index (χ1n) is 9.39. The molecule has 2 aliphatic heterocycles. The quantitative estimate of drug-likeness (QED) is 0.843. The third kappa shape index (κ3) is 4.12. The summed E-state index contributed by atoms with van der Waals surface area (Å²) in [5.74, 6) is 1.26. The summed E-state index contributed by atoms with van der Waals surface area (Å²) in [7, 11) is 1.91. The van der Waals surface area contributed by atoms with Gasteiger partial charge in [0.1, 0.15) is 5.75 Å². The summed E-state index contributed by atoms with van der Waals surface area (Å²) in [6.45, 7) is 3.20. The molecule has 2 fully saturated rings. The first-order chi connectivity index (χ1) is 12.6. The Morgan fingerprint density at radius 1 is 1.15 bits per heavy atom. The average Bonchev–Trinajstić information content (AvgIpc) is 3.30. The number of phenols is 1. The van der Waals surface area contributed by atoms with Crippen molar-refractivity contribution in [1.82, 2.24) is 20.0 Å². The maximum Gasteiger partial charge on any atom is 0.227 e. The number of carbonyl (C=O) groups excluding carboxylic acids is 1. The average molecular weight is 391 g/mol.